The Kier molecular flexibility index (Phi) is 10.6. The second-order valence-corrected chi connectivity index (χ2v) is 11.4. The van der Waals surface area contributed by atoms with Gasteiger partial charge < -0.3 is 39.9 Å². The molecule has 0 saturated carbocycles. The van der Waals surface area contributed by atoms with Gasteiger partial charge in [0, 0.05) is 57.1 Å². The standard InChI is InChI=1S/C34H39N5O7/c1-45-28-13-15-29(16-14-28)46-34(44)39-17-5-6-25(23-39)31(40)36-30(32(41)42)22-24-9-11-26(12-10-24)35-33(43)38-20-18-37(19-21-38)27-7-3-2-4-8-27/h2-4,7-16,25,30H,5-6,17-23H2,1H3,(H,35,43)(H,36,40)(H,41,42)/t25?,30-/m0/s1. The minimum absolute atomic E-state index is 0.0622. The fourth-order valence-corrected chi connectivity index (χ4v) is 5.62. The molecule has 2 saturated heterocycles. The number of nitrogens with one attached hydrogen (secondary N) is 2. The lowest BCUT2D eigenvalue weighted by molar-refractivity contribution is -0.142. The highest BCUT2D eigenvalue weighted by Gasteiger charge is 2.32. The number of nitrogens with zero attached hydrogens (tertiary/aromatic N) is 3. The number of urea groups is 1. The van der Waals surface area contributed by atoms with Gasteiger partial charge >= 0.3 is 18.1 Å². The summed E-state index contributed by atoms with van der Waals surface area (Å²) in [6.07, 6.45) is 0.607. The van der Waals surface area contributed by atoms with E-state index >= 15 is 0 Å². The van der Waals surface area contributed by atoms with Gasteiger partial charge in [-0.1, -0.05) is 30.3 Å². The summed E-state index contributed by atoms with van der Waals surface area (Å²) in [5.74, 6) is -1.16. The summed E-state index contributed by atoms with van der Waals surface area (Å²) >= 11 is 0. The fourth-order valence-electron chi connectivity index (χ4n) is 5.62. The molecule has 2 aliphatic heterocycles. The first-order valence-corrected chi connectivity index (χ1v) is 15.4. The lowest BCUT2D eigenvalue weighted by Gasteiger charge is -2.36. The van der Waals surface area contributed by atoms with Crippen molar-refractivity contribution in [1.82, 2.24) is 15.1 Å². The Morgan fingerprint density at radius 3 is 2.17 bits per heavy atom. The maximum absolute atomic E-state index is 13.1. The zero-order valence-electron chi connectivity index (χ0n) is 25.8. The minimum Gasteiger partial charge on any atom is -0.497 e. The molecule has 0 aromatic heterocycles. The number of likely N-dealkylation sites (tertiary alicyclic amines) is 1. The second-order valence-electron chi connectivity index (χ2n) is 11.4. The number of carbonyl (C=O) groups excluding carboxylic acids is 3. The molecule has 12 heteroatoms. The van der Waals surface area contributed by atoms with Gasteiger partial charge in [0.15, 0.2) is 0 Å². The zero-order chi connectivity index (χ0) is 32.5. The molecule has 0 radical (unpaired) electrons. The molecular formula is C34H39N5O7. The monoisotopic (exact) mass is 629 g/mol. The van der Waals surface area contributed by atoms with E-state index < -0.39 is 29.9 Å². The van der Waals surface area contributed by atoms with E-state index in [9.17, 15) is 24.3 Å². The quantitative estimate of drug-likeness (QED) is 0.322. The molecular weight excluding hydrogens is 590 g/mol. The van der Waals surface area contributed by atoms with Crippen LogP contribution >= 0.6 is 0 Å². The summed E-state index contributed by atoms with van der Waals surface area (Å²) in [6.45, 7) is 3.25. The predicted octanol–water partition coefficient (Wildman–Crippen LogP) is 4.07. The number of amides is 4. The van der Waals surface area contributed by atoms with E-state index in [0.717, 1.165) is 18.8 Å². The Hall–Kier alpha value is -5.26. The Morgan fingerprint density at radius 1 is 0.848 bits per heavy atom. The molecule has 2 aliphatic rings. The van der Waals surface area contributed by atoms with Crippen molar-refractivity contribution >= 4 is 35.4 Å². The van der Waals surface area contributed by atoms with Gasteiger partial charge in [-0.15, -0.1) is 0 Å². The number of hydrogen-bond donors (Lipinski definition) is 3. The molecule has 5 rings (SSSR count). The third-order valence-electron chi connectivity index (χ3n) is 8.26. The minimum atomic E-state index is -1.16. The summed E-state index contributed by atoms with van der Waals surface area (Å²) in [5.41, 5.74) is 2.43. The highest BCUT2D eigenvalue weighted by molar-refractivity contribution is 5.89. The van der Waals surface area contributed by atoms with Crippen LogP contribution in [0.4, 0.5) is 21.0 Å². The number of methoxy groups -OCH3 is 1. The number of carboxylic acid groups (broad SMARTS) is 1. The van der Waals surface area contributed by atoms with Crippen LogP contribution in [0.3, 0.4) is 0 Å². The van der Waals surface area contributed by atoms with Crippen LogP contribution in [0, 0.1) is 5.92 Å². The van der Waals surface area contributed by atoms with Gasteiger partial charge in [0.25, 0.3) is 0 Å². The third-order valence-corrected chi connectivity index (χ3v) is 8.26. The molecule has 1 unspecified atom stereocenters. The number of anilines is 2. The van der Waals surface area contributed by atoms with Crippen LogP contribution in [0.2, 0.25) is 0 Å². The number of para-hydroxylation sites is 1. The number of ether oxygens (including phenoxy) is 2. The summed E-state index contributed by atoms with van der Waals surface area (Å²) in [7, 11) is 1.54. The molecule has 12 nitrogen and oxygen atoms in total. The molecule has 242 valence electrons. The molecule has 3 aromatic carbocycles. The van der Waals surface area contributed by atoms with Crippen molar-refractivity contribution in [3.05, 3.63) is 84.4 Å². The van der Waals surface area contributed by atoms with Crippen molar-refractivity contribution in [3.8, 4) is 11.5 Å². The lowest BCUT2D eigenvalue weighted by atomic mass is 9.96. The maximum Gasteiger partial charge on any atom is 0.415 e. The van der Waals surface area contributed by atoms with Crippen molar-refractivity contribution in [2.24, 2.45) is 5.92 Å². The Balaban J connectivity index is 1.09. The van der Waals surface area contributed by atoms with Crippen LogP contribution < -0.4 is 25.0 Å². The number of hydrogen-bond acceptors (Lipinski definition) is 7. The number of piperazine rings is 1. The number of aliphatic carboxylic acids is 1. The van der Waals surface area contributed by atoms with E-state index in [4.69, 9.17) is 9.47 Å². The van der Waals surface area contributed by atoms with Gasteiger partial charge in [-0.2, -0.15) is 0 Å². The molecule has 3 N–H and O–H groups in total. The van der Waals surface area contributed by atoms with Crippen LogP contribution in [0.5, 0.6) is 11.5 Å². The van der Waals surface area contributed by atoms with Gasteiger partial charge in [0.05, 0.1) is 13.0 Å². The maximum atomic E-state index is 13.1. The Labute approximate surface area is 267 Å². The number of carbonyl (C=O) groups is 4. The van der Waals surface area contributed by atoms with Crippen LogP contribution in [0.25, 0.3) is 0 Å². The van der Waals surface area contributed by atoms with Crippen LogP contribution in [0.15, 0.2) is 78.9 Å². The van der Waals surface area contributed by atoms with E-state index in [1.165, 1.54) is 4.90 Å². The zero-order valence-corrected chi connectivity index (χ0v) is 25.8. The molecule has 2 heterocycles. The van der Waals surface area contributed by atoms with E-state index in [0.29, 0.717) is 55.2 Å². The molecule has 2 atom stereocenters. The van der Waals surface area contributed by atoms with E-state index in [1.54, 1.807) is 60.5 Å². The topological polar surface area (TPSA) is 141 Å². The molecule has 0 bridgehead atoms. The van der Waals surface area contributed by atoms with Gasteiger partial charge in [-0.3, -0.25) is 4.79 Å². The molecule has 0 aliphatic carbocycles. The van der Waals surface area contributed by atoms with Crippen molar-refractivity contribution < 1.29 is 33.8 Å². The number of rotatable bonds is 9. The van der Waals surface area contributed by atoms with E-state index in [1.807, 2.05) is 18.2 Å². The smallest absolute Gasteiger partial charge is 0.415 e. The highest BCUT2D eigenvalue weighted by atomic mass is 16.6. The van der Waals surface area contributed by atoms with Gasteiger partial charge in [0.2, 0.25) is 5.91 Å². The van der Waals surface area contributed by atoms with Gasteiger partial charge in [-0.25, -0.2) is 14.4 Å². The third kappa shape index (κ3) is 8.46. The fraction of sp³-hybridized carbons (Fsp3) is 0.353. The molecule has 0 spiro atoms. The SMILES string of the molecule is COc1ccc(OC(=O)N2CCCC(C(=O)N[C@@H](Cc3ccc(NC(=O)N4CCN(c5ccccc5)CC4)cc3)C(=O)O)C2)cc1. The Bertz CT molecular complexity index is 1490. The molecule has 2 fully saturated rings. The summed E-state index contributed by atoms with van der Waals surface area (Å²) in [5, 5.41) is 15.4. The predicted molar refractivity (Wildman–Crippen MR) is 172 cm³/mol. The summed E-state index contributed by atoms with van der Waals surface area (Å²) in [4.78, 5) is 56.2. The summed E-state index contributed by atoms with van der Waals surface area (Å²) in [6, 6.07) is 22.3. The average molecular weight is 630 g/mol. The highest BCUT2D eigenvalue weighted by Crippen LogP contribution is 2.22. The lowest BCUT2D eigenvalue weighted by Crippen LogP contribution is -2.50. The van der Waals surface area contributed by atoms with Gasteiger partial charge in [-0.05, 0) is 66.9 Å². The van der Waals surface area contributed by atoms with Crippen molar-refractivity contribution in [3.63, 3.8) is 0 Å². The van der Waals surface area contributed by atoms with E-state index in [-0.39, 0.29) is 19.0 Å². The molecule has 4 amide bonds. The van der Waals surface area contributed by atoms with Gasteiger partial charge in [0.1, 0.15) is 17.5 Å². The number of piperidine rings is 1. The second kappa shape index (κ2) is 15.2. The normalized spacial score (nSPS) is 17.1. The Morgan fingerprint density at radius 2 is 1.52 bits per heavy atom. The first-order chi connectivity index (χ1) is 22.3. The first-order valence-electron chi connectivity index (χ1n) is 15.4. The van der Waals surface area contributed by atoms with Crippen molar-refractivity contribution in [1.29, 1.82) is 0 Å². The van der Waals surface area contributed by atoms with Crippen molar-refractivity contribution in [2.75, 3.05) is 56.6 Å². The molecule has 3 aromatic rings. The van der Waals surface area contributed by atoms with Crippen LogP contribution in [-0.4, -0.2) is 91.3 Å². The molecule has 46 heavy (non-hydrogen) atoms. The first kappa shape index (κ1) is 32.1. The number of carboxylic acids is 1. The van der Waals surface area contributed by atoms with E-state index in [2.05, 4.69) is 27.7 Å². The summed E-state index contributed by atoms with van der Waals surface area (Å²) < 4.78 is 10.6. The van der Waals surface area contributed by atoms with Crippen molar-refractivity contribution in [2.45, 2.75) is 25.3 Å². The van der Waals surface area contributed by atoms with Crippen LogP contribution in [-0.2, 0) is 16.0 Å². The largest absolute Gasteiger partial charge is 0.497 e. The average Bonchev–Trinajstić information content (AvgIpc) is 3.09. The van der Waals surface area contributed by atoms with Crippen LogP contribution in [0.1, 0.15) is 18.4 Å². The number of benzene rings is 3.